The number of nitrogens with one attached hydrogen (secondary N) is 2. The monoisotopic (exact) mass is 530 g/mol. The molecule has 200 valence electrons. The van der Waals surface area contributed by atoms with E-state index in [0.717, 1.165) is 12.0 Å². The lowest BCUT2D eigenvalue weighted by Crippen LogP contribution is -2.19. The third kappa shape index (κ3) is 5.47. The van der Waals surface area contributed by atoms with Crippen LogP contribution in [0.15, 0.2) is 84.9 Å². The van der Waals surface area contributed by atoms with Crippen molar-refractivity contribution in [1.82, 2.24) is 5.32 Å². The van der Waals surface area contributed by atoms with Crippen LogP contribution in [0.4, 0.5) is 5.69 Å². The number of aryl methyl sites for hydroxylation is 1. The molecule has 0 saturated carbocycles. The van der Waals surface area contributed by atoms with Crippen molar-refractivity contribution in [2.75, 3.05) is 5.32 Å². The fraction of sp³-hybridized carbons (Fsp3) is 0.176. The summed E-state index contributed by atoms with van der Waals surface area (Å²) in [5.41, 5.74) is 6.72. The molecular weight excluding hydrogens is 500 g/mol. The zero-order valence-electron chi connectivity index (χ0n) is 22.9. The van der Waals surface area contributed by atoms with Crippen molar-refractivity contribution in [2.24, 2.45) is 0 Å². The maximum absolute atomic E-state index is 13.1. The van der Waals surface area contributed by atoms with E-state index in [1.54, 1.807) is 25.1 Å². The van der Waals surface area contributed by atoms with E-state index in [0.29, 0.717) is 27.9 Å². The van der Waals surface area contributed by atoms with Gasteiger partial charge in [-0.15, -0.1) is 0 Å². The molecule has 0 radical (unpaired) electrons. The maximum atomic E-state index is 13.1. The summed E-state index contributed by atoms with van der Waals surface area (Å²) in [4.78, 5) is 49.8. The van der Waals surface area contributed by atoms with E-state index in [1.807, 2.05) is 24.3 Å². The summed E-state index contributed by atoms with van der Waals surface area (Å²) in [7, 11) is 0. The number of carbonyl (C=O) groups is 4. The molecule has 5 rings (SSSR count). The number of hydrogen-bond donors (Lipinski definition) is 2. The highest BCUT2D eigenvalue weighted by Crippen LogP contribution is 2.24. The Labute approximate surface area is 233 Å². The summed E-state index contributed by atoms with van der Waals surface area (Å²) < 4.78 is 0. The first kappa shape index (κ1) is 26.8. The molecule has 4 aromatic rings. The zero-order valence-corrected chi connectivity index (χ0v) is 22.9. The Morgan fingerprint density at radius 1 is 0.725 bits per heavy atom. The van der Waals surface area contributed by atoms with Crippen molar-refractivity contribution in [1.29, 1.82) is 0 Å². The Bertz CT molecular complexity index is 1660. The fourth-order valence-corrected chi connectivity index (χ4v) is 4.80. The van der Waals surface area contributed by atoms with E-state index in [2.05, 4.69) is 55.7 Å². The number of rotatable bonds is 6. The normalized spacial score (nSPS) is 12.6. The van der Waals surface area contributed by atoms with Crippen LogP contribution in [0.3, 0.4) is 0 Å². The molecular formula is C34H30N2O4. The zero-order chi connectivity index (χ0) is 28.6. The Morgan fingerprint density at radius 2 is 1.30 bits per heavy atom. The van der Waals surface area contributed by atoms with Crippen LogP contribution >= 0.6 is 0 Å². The first-order valence-corrected chi connectivity index (χ1v) is 13.1. The standard InChI is InChI=1S/C34H30N2O4/c1-20-17-23(30(37)24-10-16-28-29(19-24)33(40)36-32(28)39)9-15-27(20)31(38)35-26-13-7-22(8-14-26)18-21-5-11-25(12-6-21)34(2,3)4/h5-17,19H,18H2,1-4H3,(H,35,38)(H,36,39,40). The molecule has 0 bridgehead atoms. The van der Waals surface area contributed by atoms with Gasteiger partial charge < -0.3 is 5.32 Å². The molecule has 6 nitrogen and oxygen atoms in total. The minimum absolute atomic E-state index is 0.122. The molecule has 1 aliphatic heterocycles. The van der Waals surface area contributed by atoms with Crippen molar-refractivity contribution < 1.29 is 19.2 Å². The summed E-state index contributed by atoms with van der Waals surface area (Å²) in [5, 5.41) is 5.16. The Kier molecular flexibility index (Phi) is 6.94. The van der Waals surface area contributed by atoms with Crippen LogP contribution in [0.1, 0.15) is 90.0 Å². The largest absolute Gasteiger partial charge is 0.322 e. The molecule has 4 aromatic carbocycles. The van der Waals surface area contributed by atoms with Crippen molar-refractivity contribution in [3.8, 4) is 0 Å². The highest BCUT2D eigenvalue weighted by atomic mass is 16.2. The van der Waals surface area contributed by atoms with Gasteiger partial charge in [0.1, 0.15) is 0 Å². The van der Waals surface area contributed by atoms with Crippen molar-refractivity contribution in [3.63, 3.8) is 0 Å². The van der Waals surface area contributed by atoms with E-state index >= 15 is 0 Å². The van der Waals surface area contributed by atoms with Gasteiger partial charge in [0.25, 0.3) is 17.7 Å². The van der Waals surface area contributed by atoms with Crippen molar-refractivity contribution in [3.05, 3.63) is 135 Å². The lowest BCUT2D eigenvalue weighted by atomic mass is 9.86. The second kappa shape index (κ2) is 10.4. The number of benzene rings is 4. The first-order valence-electron chi connectivity index (χ1n) is 13.1. The highest BCUT2D eigenvalue weighted by Gasteiger charge is 2.27. The van der Waals surface area contributed by atoms with Crippen LogP contribution in [0, 0.1) is 6.92 Å². The van der Waals surface area contributed by atoms with Crippen molar-refractivity contribution >= 4 is 29.2 Å². The van der Waals surface area contributed by atoms with Gasteiger partial charge in [0.2, 0.25) is 0 Å². The number of anilines is 1. The molecule has 1 aliphatic rings. The van der Waals surface area contributed by atoms with E-state index in [1.165, 1.54) is 29.3 Å². The van der Waals surface area contributed by atoms with E-state index in [-0.39, 0.29) is 28.2 Å². The van der Waals surface area contributed by atoms with Crippen LogP contribution in [0.5, 0.6) is 0 Å². The molecule has 6 heteroatoms. The molecule has 0 aliphatic carbocycles. The summed E-state index contributed by atoms with van der Waals surface area (Å²) in [6.07, 6.45) is 0.804. The third-order valence-corrected chi connectivity index (χ3v) is 7.17. The average molecular weight is 531 g/mol. The number of ketones is 1. The van der Waals surface area contributed by atoms with Gasteiger partial charge in [-0.1, -0.05) is 69.3 Å². The van der Waals surface area contributed by atoms with Gasteiger partial charge >= 0.3 is 0 Å². The SMILES string of the molecule is Cc1cc(C(=O)c2ccc3c(c2)C(=O)NC3=O)ccc1C(=O)Nc1ccc(Cc2ccc(C(C)(C)C)cc2)cc1. The molecule has 40 heavy (non-hydrogen) atoms. The van der Waals surface area contributed by atoms with Crippen LogP contribution in [-0.4, -0.2) is 23.5 Å². The van der Waals surface area contributed by atoms with Gasteiger partial charge in [-0.2, -0.15) is 0 Å². The Hall–Kier alpha value is -4.84. The van der Waals surface area contributed by atoms with E-state index in [4.69, 9.17) is 0 Å². The third-order valence-electron chi connectivity index (χ3n) is 7.17. The van der Waals surface area contributed by atoms with Gasteiger partial charge in [0.15, 0.2) is 5.78 Å². The molecule has 0 unspecified atom stereocenters. The summed E-state index contributed by atoms with van der Waals surface area (Å²) >= 11 is 0. The molecule has 0 spiro atoms. The highest BCUT2D eigenvalue weighted by molar-refractivity contribution is 6.22. The van der Waals surface area contributed by atoms with Crippen LogP contribution < -0.4 is 10.6 Å². The topological polar surface area (TPSA) is 92.3 Å². The maximum Gasteiger partial charge on any atom is 0.258 e. The quantitative estimate of drug-likeness (QED) is 0.228. The molecule has 0 saturated heterocycles. The molecule has 2 N–H and O–H groups in total. The number of amides is 3. The summed E-state index contributed by atoms with van der Waals surface area (Å²) in [6.45, 7) is 8.38. The number of hydrogen-bond acceptors (Lipinski definition) is 4. The molecule has 0 fully saturated rings. The summed E-state index contributed by atoms with van der Waals surface area (Å²) in [6, 6.07) is 25.8. The van der Waals surface area contributed by atoms with E-state index < -0.39 is 11.8 Å². The minimum Gasteiger partial charge on any atom is -0.322 e. The second-order valence-electron chi connectivity index (χ2n) is 11.2. The second-order valence-corrected chi connectivity index (χ2v) is 11.2. The van der Waals surface area contributed by atoms with Crippen LogP contribution in [0.2, 0.25) is 0 Å². The molecule has 1 heterocycles. The smallest absolute Gasteiger partial charge is 0.258 e. The predicted molar refractivity (Wildman–Crippen MR) is 155 cm³/mol. The minimum atomic E-state index is -0.513. The Balaban J connectivity index is 1.24. The van der Waals surface area contributed by atoms with Gasteiger partial charge in [-0.25, -0.2) is 0 Å². The number of carbonyl (C=O) groups excluding carboxylic acids is 4. The summed E-state index contributed by atoms with van der Waals surface area (Å²) in [5.74, 6) is -1.55. The predicted octanol–water partition coefficient (Wildman–Crippen LogP) is 6.25. The number of fused-ring (bicyclic) bond motifs is 1. The lowest BCUT2D eigenvalue weighted by molar-refractivity contribution is 0.0878. The van der Waals surface area contributed by atoms with Crippen LogP contribution in [-0.2, 0) is 11.8 Å². The lowest BCUT2D eigenvalue weighted by Gasteiger charge is -2.19. The molecule has 0 atom stereocenters. The van der Waals surface area contributed by atoms with Gasteiger partial charge in [0, 0.05) is 22.4 Å². The van der Waals surface area contributed by atoms with Gasteiger partial charge in [-0.05, 0) is 77.4 Å². The molecule has 0 aromatic heterocycles. The average Bonchev–Trinajstić information content (AvgIpc) is 3.21. The van der Waals surface area contributed by atoms with Gasteiger partial charge in [0.05, 0.1) is 11.1 Å². The van der Waals surface area contributed by atoms with Crippen molar-refractivity contribution in [2.45, 2.75) is 39.5 Å². The number of imide groups is 1. The van der Waals surface area contributed by atoms with Gasteiger partial charge in [-0.3, -0.25) is 24.5 Å². The first-order chi connectivity index (χ1) is 19.0. The fourth-order valence-electron chi connectivity index (χ4n) is 4.80. The van der Waals surface area contributed by atoms with E-state index in [9.17, 15) is 19.2 Å². The molecule has 3 amide bonds. The van der Waals surface area contributed by atoms with Crippen LogP contribution in [0.25, 0.3) is 0 Å². The Morgan fingerprint density at radius 3 is 1.93 bits per heavy atom.